The molecule has 0 radical (unpaired) electrons. The molecule has 2 fully saturated rings. The van der Waals surface area contributed by atoms with Gasteiger partial charge in [0.25, 0.3) is 0 Å². The Morgan fingerprint density at radius 3 is 2.61 bits per heavy atom. The van der Waals surface area contributed by atoms with Crippen molar-refractivity contribution in [2.45, 2.75) is 18.9 Å². The van der Waals surface area contributed by atoms with Gasteiger partial charge in [0.05, 0.1) is 0 Å². The molecule has 2 heterocycles. The number of anilines is 1. The van der Waals surface area contributed by atoms with Crippen LogP contribution in [0, 0.1) is 0 Å². The van der Waals surface area contributed by atoms with Crippen molar-refractivity contribution in [1.82, 2.24) is 9.88 Å². The third-order valence-electron chi connectivity index (χ3n) is 3.73. The minimum atomic E-state index is 0.440. The van der Waals surface area contributed by atoms with E-state index in [-0.39, 0.29) is 0 Å². The van der Waals surface area contributed by atoms with Crippen molar-refractivity contribution in [2.75, 3.05) is 31.1 Å². The van der Waals surface area contributed by atoms with Crippen LogP contribution in [0.15, 0.2) is 18.3 Å². The van der Waals surface area contributed by atoms with Gasteiger partial charge in [-0.15, -0.1) is 0 Å². The maximum atomic E-state index is 5.66. The van der Waals surface area contributed by atoms with Crippen molar-refractivity contribution >= 4 is 23.0 Å². The molecule has 5 heteroatoms. The highest BCUT2D eigenvalue weighted by Gasteiger charge is 2.31. The molecule has 1 aromatic rings. The maximum absolute atomic E-state index is 5.66. The fraction of sp³-hybridized carbons (Fsp3) is 0.538. The molecule has 0 amide bonds. The fourth-order valence-electron chi connectivity index (χ4n) is 2.50. The summed E-state index contributed by atoms with van der Waals surface area (Å²) in [6, 6.07) is 4.73. The first kappa shape index (κ1) is 11.9. The van der Waals surface area contributed by atoms with Crippen molar-refractivity contribution in [3.05, 3.63) is 23.9 Å². The van der Waals surface area contributed by atoms with Gasteiger partial charge in [-0.25, -0.2) is 4.98 Å². The van der Waals surface area contributed by atoms with Crippen LogP contribution in [0.5, 0.6) is 0 Å². The lowest BCUT2D eigenvalue weighted by Crippen LogP contribution is -2.47. The van der Waals surface area contributed by atoms with Gasteiger partial charge in [-0.05, 0) is 25.0 Å². The van der Waals surface area contributed by atoms with E-state index in [0.717, 1.165) is 43.6 Å². The largest absolute Gasteiger partial charge is 0.389 e. The van der Waals surface area contributed by atoms with Gasteiger partial charge in [0.2, 0.25) is 0 Å². The molecule has 96 valence electrons. The molecule has 18 heavy (non-hydrogen) atoms. The van der Waals surface area contributed by atoms with E-state index in [4.69, 9.17) is 18.0 Å². The van der Waals surface area contributed by atoms with Crippen LogP contribution in [0.2, 0.25) is 0 Å². The van der Waals surface area contributed by atoms with Crippen LogP contribution in [0.1, 0.15) is 18.4 Å². The van der Waals surface area contributed by atoms with Crippen molar-refractivity contribution in [3.63, 3.8) is 0 Å². The number of aromatic nitrogens is 1. The van der Waals surface area contributed by atoms with Gasteiger partial charge >= 0.3 is 0 Å². The zero-order chi connectivity index (χ0) is 12.5. The lowest BCUT2D eigenvalue weighted by atomic mass is 10.2. The smallest absolute Gasteiger partial charge is 0.129 e. The van der Waals surface area contributed by atoms with E-state index < -0.39 is 0 Å². The van der Waals surface area contributed by atoms with Crippen molar-refractivity contribution in [3.8, 4) is 0 Å². The monoisotopic (exact) mass is 262 g/mol. The van der Waals surface area contributed by atoms with Gasteiger partial charge in [-0.2, -0.15) is 0 Å². The Morgan fingerprint density at radius 1 is 1.28 bits per heavy atom. The number of nitrogens with zero attached hydrogens (tertiary/aromatic N) is 3. The molecule has 0 atom stereocenters. The van der Waals surface area contributed by atoms with Crippen molar-refractivity contribution < 1.29 is 0 Å². The Balaban J connectivity index is 1.67. The Labute approximate surface area is 113 Å². The lowest BCUT2D eigenvalue weighted by Gasteiger charge is -2.35. The predicted octanol–water partition coefficient (Wildman–Crippen LogP) is 1.00. The third-order valence-corrected chi connectivity index (χ3v) is 3.97. The van der Waals surface area contributed by atoms with Crippen LogP contribution < -0.4 is 10.6 Å². The minimum absolute atomic E-state index is 0.440. The van der Waals surface area contributed by atoms with Gasteiger partial charge in [0, 0.05) is 44.0 Å². The first-order valence-corrected chi connectivity index (χ1v) is 6.90. The highest BCUT2D eigenvalue weighted by atomic mass is 32.1. The number of hydrogen-bond donors (Lipinski definition) is 1. The highest BCUT2D eigenvalue weighted by molar-refractivity contribution is 7.80. The van der Waals surface area contributed by atoms with Crippen molar-refractivity contribution in [2.24, 2.45) is 5.73 Å². The summed E-state index contributed by atoms with van der Waals surface area (Å²) in [5.41, 5.74) is 6.56. The average molecular weight is 262 g/mol. The molecular formula is C13H18N4S. The standard InChI is InChI=1S/C13H18N4S/c14-13(18)10-3-4-15-12(9-10)17-7-5-16(6-8-17)11-1-2-11/h3-4,9,11H,1-2,5-8H2,(H2,14,18). The SMILES string of the molecule is NC(=S)c1ccnc(N2CCN(C3CC3)CC2)c1. The minimum Gasteiger partial charge on any atom is -0.389 e. The molecular weight excluding hydrogens is 244 g/mol. The van der Waals surface area contributed by atoms with Crippen LogP contribution >= 0.6 is 12.2 Å². The molecule has 0 unspecified atom stereocenters. The molecule has 0 bridgehead atoms. The number of hydrogen-bond acceptors (Lipinski definition) is 4. The molecule has 0 aromatic carbocycles. The summed E-state index contributed by atoms with van der Waals surface area (Å²) < 4.78 is 0. The van der Waals surface area contributed by atoms with E-state index in [1.54, 1.807) is 6.20 Å². The van der Waals surface area contributed by atoms with Crippen LogP contribution in [0.4, 0.5) is 5.82 Å². The molecule has 2 aliphatic rings. The summed E-state index contributed by atoms with van der Waals surface area (Å²) in [5, 5.41) is 0. The Hall–Kier alpha value is -1.20. The molecule has 1 saturated carbocycles. The summed E-state index contributed by atoms with van der Waals surface area (Å²) in [5.74, 6) is 0.996. The second-order valence-corrected chi connectivity index (χ2v) is 5.46. The Kier molecular flexibility index (Phi) is 3.18. The van der Waals surface area contributed by atoms with Gasteiger partial charge in [-0.1, -0.05) is 12.2 Å². The van der Waals surface area contributed by atoms with Gasteiger partial charge in [0.1, 0.15) is 10.8 Å². The number of rotatable bonds is 3. The molecule has 1 aliphatic carbocycles. The fourth-order valence-corrected chi connectivity index (χ4v) is 2.63. The summed E-state index contributed by atoms with van der Waals surface area (Å²) >= 11 is 5.01. The molecule has 3 rings (SSSR count). The van der Waals surface area contributed by atoms with Crippen LogP contribution in [0.25, 0.3) is 0 Å². The second kappa shape index (κ2) is 4.82. The van der Waals surface area contributed by atoms with Gasteiger partial charge in [0.15, 0.2) is 0 Å². The van der Waals surface area contributed by atoms with E-state index in [9.17, 15) is 0 Å². The molecule has 0 spiro atoms. The maximum Gasteiger partial charge on any atom is 0.129 e. The number of piperazine rings is 1. The summed E-state index contributed by atoms with van der Waals surface area (Å²) in [6.07, 6.45) is 4.56. The number of pyridine rings is 1. The predicted molar refractivity (Wildman–Crippen MR) is 76.9 cm³/mol. The number of thiocarbonyl (C=S) groups is 1. The molecule has 4 nitrogen and oxygen atoms in total. The summed E-state index contributed by atoms with van der Waals surface area (Å²) in [4.78, 5) is 9.77. The molecule has 1 aliphatic heterocycles. The lowest BCUT2D eigenvalue weighted by molar-refractivity contribution is 0.247. The Morgan fingerprint density at radius 2 is 2.00 bits per heavy atom. The van der Waals surface area contributed by atoms with E-state index in [1.807, 2.05) is 12.1 Å². The molecule has 1 saturated heterocycles. The van der Waals surface area contributed by atoms with E-state index in [0.29, 0.717) is 4.99 Å². The summed E-state index contributed by atoms with van der Waals surface area (Å²) in [7, 11) is 0. The normalized spacial score (nSPS) is 21.0. The second-order valence-electron chi connectivity index (χ2n) is 5.02. The Bertz CT molecular complexity index is 450. The first-order chi connectivity index (χ1) is 8.74. The van der Waals surface area contributed by atoms with E-state index >= 15 is 0 Å². The van der Waals surface area contributed by atoms with Crippen LogP contribution in [-0.2, 0) is 0 Å². The zero-order valence-corrected chi connectivity index (χ0v) is 11.2. The van der Waals surface area contributed by atoms with E-state index in [2.05, 4.69) is 14.8 Å². The topological polar surface area (TPSA) is 45.4 Å². The van der Waals surface area contributed by atoms with Crippen LogP contribution in [0.3, 0.4) is 0 Å². The zero-order valence-electron chi connectivity index (χ0n) is 10.4. The van der Waals surface area contributed by atoms with Crippen LogP contribution in [-0.4, -0.2) is 47.1 Å². The quantitative estimate of drug-likeness (QED) is 0.823. The average Bonchev–Trinajstić information content (AvgIpc) is 3.23. The molecule has 1 aromatic heterocycles. The number of nitrogens with two attached hydrogens (primary N) is 1. The van der Waals surface area contributed by atoms with Crippen molar-refractivity contribution in [1.29, 1.82) is 0 Å². The van der Waals surface area contributed by atoms with E-state index in [1.165, 1.54) is 12.8 Å². The third kappa shape index (κ3) is 2.47. The van der Waals surface area contributed by atoms with Gasteiger partial charge < -0.3 is 10.6 Å². The summed E-state index contributed by atoms with van der Waals surface area (Å²) in [6.45, 7) is 4.38. The first-order valence-electron chi connectivity index (χ1n) is 6.49. The van der Waals surface area contributed by atoms with Gasteiger partial charge in [-0.3, -0.25) is 4.90 Å². The highest BCUT2D eigenvalue weighted by Crippen LogP contribution is 2.28. The molecule has 2 N–H and O–H groups in total.